The van der Waals surface area contributed by atoms with Crippen LogP contribution in [0.25, 0.3) is 0 Å². The molecule has 94 valence electrons. The first kappa shape index (κ1) is 13.9. The Morgan fingerprint density at radius 1 is 1.24 bits per heavy atom. The van der Waals surface area contributed by atoms with E-state index >= 15 is 0 Å². The van der Waals surface area contributed by atoms with Crippen LogP contribution in [0.3, 0.4) is 0 Å². The molecule has 0 fully saturated rings. The summed E-state index contributed by atoms with van der Waals surface area (Å²) in [5.41, 5.74) is 2.37. The third-order valence-corrected chi connectivity index (χ3v) is 3.04. The van der Waals surface area contributed by atoms with Gasteiger partial charge in [-0.15, -0.1) is 0 Å². The average molecular weight is 234 g/mol. The highest BCUT2D eigenvalue weighted by Gasteiger charge is 2.15. The van der Waals surface area contributed by atoms with Crippen LogP contribution in [-0.2, 0) is 16.0 Å². The minimum Gasteiger partial charge on any atom is -0.374 e. The number of ketones is 1. The van der Waals surface area contributed by atoms with Crippen molar-refractivity contribution in [2.75, 3.05) is 7.11 Å². The molecular weight excluding hydrogens is 212 g/mol. The number of rotatable bonds is 6. The van der Waals surface area contributed by atoms with Gasteiger partial charge in [0.15, 0.2) is 5.78 Å². The summed E-state index contributed by atoms with van der Waals surface area (Å²) in [6.45, 7) is 6.30. The van der Waals surface area contributed by atoms with Crippen molar-refractivity contribution in [3.63, 3.8) is 0 Å². The minimum atomic E-state index is -0.264. The highest BCUT2D eigenvalue weighted by atomic mass is 16.5. The first-order valence-electron chi connectivity index (χ1n) is 6.22. The zero-order valence-corrected chi connectivity index (χ0v) is 11.2. The van der Waals surface area contributed by atoms with E-state index in [4.69, 9.17) is 4.74 Å². The van der Waals surface area contributed by atoms with Crippen LogP contribution in [0.15, 0.2) is 24.3 Å². The number of ether oxygens (including phenoxy) is 1. The molecule has 1 unspecified atom stereocenters. The van der Waals surface area contributed by atoms with E-state index in [1.165, 1.54) is 5.56 Å². The molecule has 1 aromatic rings. The summed E-state index contributed by atoms with van der Waals surface area (Å²) < 4.78 is 5.15. The normalized spacial score (nSPS) is 12.8. The van der Waals surface area contributed by atoms with E-state index in [9.17, 15) is 4.79 Å². The van der Waals surface area contributed by atoms with E-state index < -0.39 is 0 Å². The summed E-state index contributed by atoms with van der Waals surface area (Å²) in [5, 5.41) is 0. The van der Waals surface area contributed by atoms with Gasteiger partial charge in [-0.25, -0.2) is 0 Å². The van der Waals surface area contributed by atoms with Crippen LogP contribution in [0.2, 0.25) is 0 Å². The van der Waals surface area contributed by atoms with Crippen molar-refractivity contribution >= 4 is 5.78 Å². The Kier molecular flexibility index (Phi) is 5.36. The molecule has 1 aromatic carbocycles. The molecule has 0 amide bonds. The first-order valence-corrected chi connectivity index (χ1v) is 6.22. The monoisotopic (exact) mass is 234 g/mol. The highest BCUT2D eigenvalue weighted by molar-refractivity contribution is 5.85. The average Bonchev–Trinajstić information content (AvgIpc) is 2.31. The summed E-state index contributed by atoms with van der Waals surface area (Å²) in [5.74, 6) is 0.689. The van der Waals surface area contributed by atoms with Gasteiger partial charge in [0.05, 0.1) is 0 Å². The predicted molar refractivity (Wildman–Crippen MR) is 70.3 cm³/mol. The Bertz CT molecular complexity index is 348. The third-order valence-electron chi connectivity index (χ3n) is 3.04. The summed E-state index contributed by atoms with van der Waals surface area (Å²) in [7, 11) is 1.59. The standard InChI is InChI=1S/C15H22O2/c1-5-15(17-4)14(16)10-12-6-8-13(9-7-12)11(2)3/h6-9,11,15H,5,10H2,1-4H3. The van der Waals surface area contributed by atoms with Gasteiger partial charge in [0.25, 0.3) is 0 Å². The molecule has 0 spiro atoms. The first-order chi connectivity index (χ1) is 8.08. The molecular formula is C15H22O2. The Morgan fingerprint density at radius 3 is 2.24 bits per heavy atom. The molecule has 2 nitrogen and oxygen atoms in total. The second-order valence-electron chi connectivity index (χ2n) is 4.67. The van der Waals surface area contributed by atoms with E-state index in [1.807, 2.05) is 19.1 Å². The summed E-state index contributed by atoms with van der Waals surface area (Å²) in [6, 6.07) is 8.27. The Hall–Kier alpha value is -1.15. The zero-order valence-electron chi connectivity index (χ0n) is 11.2. The molecule has 0 saturated carbocycles. The Labute approximate surface area is 104 Å². The van der Waals surface area contributed by atoms with Crippen molar-refractivity contribution in [3.8, 4) is 0 Å². The number of carbonyl (C=O) groups excluding carboxylic acids is 1. The molecule has 0 aliphatic carbocycles. The molecule has 1 rings (SSSR count). The van der Waals surface area contributed by atoms with Gasteiger partial charge in [-0.3, -0.25) is 4.79 Å². The number of methoxy groups -OCH3 is 1. The Morgan fingerprint density at radius 2 is 1.82 bits per heavy atom. The highest BCUT2D eigenvalue weighted by Crippen LogP contribution is 2.15. The number of Topliss-reactive ketones (excluding diaryl/α,β-unsaturated/α-hetero) is 1. The van der Waals surface area contributed by atoms with Crippen LogP contribution < -0.4 is 0 Å². The summed E-state index contributed by atoms with van der Waals surface area (Å²) in [4.78, 5) is 11.9. The molecule has 0 aromatic heterocycles. The van der Waals surface area contributed by atoms with E-state index in [2.05, 4.69) is 26.0 Å². The topological polar surface area (TPSA) is 26.3 Å². The predicted octanol–water partition coefficient (Wildman–Crippen LogP) is 3.35. The molecule has 1 atom stereocenters. The number of hydrogen-bond acceptors (Lipinski definition) is 2. The maximum Gasteiger partial charge on any atom is 0.165 e. The quantitative estimate of drug-likeness (QED) is 0.754. The smallest absolute Gasteiger partial charge is 0.165 e. The molecule has 2 heteroatoms. The van der Waals surface area contributed by atoms with E-state index in [0.29, 0.717) is 12.3 Å². The van der Waals surface area contributed by atoms with Crippen molar-refractivity contribution in [1.82, 2.24) is 0 Å². The fraction of sp³-hybridized carbons (Fsp3) is 0.533. The zero-order chi connectivity index (χ0) is 12.8. The van der Waals surface area contributed by atoms with Gasteiger partial charge in [-0.05, 0) is 23.5 Å². The lowest BCUT2D eigenvalue weighted by Crippen LogP contribution is -2.23. The van der Waals surface area contributed by atoms with Gasteiger partial charge < -0.3 is 4.74 Å². The number of benzene rings is 1. The van der Waals surface area contributed by atoms with Crippen LogP contribution in [-0.4, -0.2) is 19.0 Å². The number of carbonyl (C=O) groups is 1. The summed E-state index contributed by atoms with van der Waals surface area (Å²) in [6.07, 6.45) is 0.934. The van der Waals surface area contributed by atoms with Crippen LogP contribution in [0.5, 0.6) is 0 Å². The Balaban J connectivity index is 2.66. The lowest BCUT2D eigenvalue weighted by molar-refractivity contribution is -0.128. The molecule has 0 N–H and O–H groups in total. The van der Waals surface area contributed by atoms with Crippen molar-refractivity contribution in [2.24, 2.45) is 0 Å². The minimum absolute atomic E-state index is 0.160. The van der Waals surface area contributed by atoms with Gasteiger partial charge in [-0.2, -0.15) is 0 Å². The lowest BCUT2D eigenvalue weighted by atomic mass is 9.98. The SMILES string of the molecule is CCC(OC)C(=O)Cc1ccc(C(C)C)cc1. The maximum atomic E-state index is 11.9. The molecule has 0 heterocycles. The third kappa shape index (κ3) is 3.97. The van der Waals surface area contributed by atoms with Gasteiger partial charge in [0.2, 0.25) is 0 Å². The molecule has 17 heavy (non-hydrogen) atoms. The van der Waals surface area contributed by atoms with Crippen molar-refractivity contribution in [2.45, 2.75) is 45.6 Å². The van der Waals surface area contributed by atoms with E-state index in [-0.39, 0.29) is 11.9 Å². The second kappa shape index (κ2) is 6.55. The van der Waals surface area contributed by atoms with Crippen LogP contribution in [0, 0.1) is 0 Å². The fourth-order valence-corrected chi connectivity index (χ4v) is 1.86. The largest absolute Gasteiger partial charge is 0.374 e. The molecule has 0 radical (unpaired) electrons. The van der Waals surface area contributed by atoms with Crippen LogP contribution in [0.1, 0.15) is 44.2 Å². The molecule has 0 aliphatic rings. The van der Waals surface area contributed by atoms with E-state index in [1.54, 1.807) is 7.11 Å². The van der Waals surface area contributed by atoms with Crippen molar-refractivity contribution in [1.29, 1.82) is 0 Å². The van der Waals surface area contributed by atoms with Gasteiger partial charge in [0, 0.05) is 13.5 Å². The molecule has 0 bridgehead atoms. The molecule has 0 aliphatic heterocycles. The lowest BCUT2D eigenvalue weighted by Gasteiger charge is -2.12. The van der Waals surface area contributed by atoms with Crippen LogP contribution >= 0.6 is 0 Å². The van der Waals surface area contributed by atoms with E-state index in [0.717, 1.165) is 12.0 Å². The van der Waals surface area contributed by atoms with Gasteiger partial charge in [0.1, 0.15) is 6.10 Å². The van der Waals surface area contributed by atoms with Crippen molar-refractivity contribution < 1.29 is 9.53 Å². The number of hydrogen-bond donors (Lipinski definition) is 0. The van der Waals surface area contributed by atoms with Gasteiger partial charge in [-0.1, -0.05) is 45.0 Å². The van der Waals surface area contributed by atoms with Gasteiger partial charge >= 0.3 is 0 Å². The fourth-order valence-electron chi connectivity index (χ4n) is 1.86. The van der Waals surface area contributed by atoms with Crippen LogP contribution in [0.4, 0.5) is 0 Å². The summed E-state index contributed by atoms with van der Waals surface area (Å²) >= 11 is 0. The second-order valence-corrected chi connectivity index (χ2v) is 4.67. The maximum absolute atomic E-state index is 11.9. The van der Waals surface area contributed by atoms with Crippen molar-refractivity contribution in [3.05, 3.63) is 35.4 Å². The molecule has 0 saturated heterocycles.